The summed E-state index contributed by atoms with van der Waals surface area (Å²) in [5.41, 5.74) is -1.55. The number of hydrogen-bond donors (Lipinski definition) is 2. The predicted octanol–water partition coefficient (Wildman–Crippen LogP) is 1.23. The van der Waals surface area contributed by atoms with E-state index >= 15 is 0 Å². The lowest BCUT2D eigenvalue weighted by molar-refractivity contribution is -0.139. The minimum absolute atomic E-state index is 0.0903. The molecule has 0 heterocycles. The highest BCUT2D eigenvalue weighted by Gasteiger charge is 2.30. The zero-order valence-corrected chi connectivity index (χ0v) is 15.3. The van der Waals surface area contributed by atoms with Gasteiger partial charge in [0.15, 0.2) is 6.29 Å². The molecule has 0 radical (unpaired) electrons. The Balaban J connectivity index is 2.87. The highest BCUT2D eigenvalue weighted by Crippen LogP contribution is 2.29. The maximum Gasteiger partial charge on any atom is 0.416 e. The number of benzene rings is 1. The number of methoxy groups -OCH3 is 3. The Labute approximate surface area is 158 Å². The van der Waals surface area contributed by atoms with E-state index in [-0.39, 0.29) is 12.1 Å². The smallest absolute Gasteiger partial charge is 0.416 e. The molecule has 0 saturated carbocycles. The van der Waals surface area contributed by atoms with Crippen LogP contribution in [0, 0.1) is 0 Å². The van der Waals surface area contributed by atoms with Gasteiger partial charge in [0.2, 0.25) is 0 Å². The summed E-state index contributed by atoms with van der Waals surface area (Å²) in [5.74, 6) is -2.73. The van der Waals surface area contributed by atoms with Gasteiger partial charge in [-0.25, -0.2) is 4.79 Å². The molecule has 154 valence electrons. The van der Waals surface area contributed by atoms with Crippen LogP contribution in [0.4, 0.5) is 13.2 Å². The molecule has 0 spiro atoms. The molecule has 0 bridgehead atoms. The van der Waals surface area contributed by atoms with Gasteiger partial charge >= 0.3 is 12.1 Å². The SMILES string of the molecule is COC(=O)/C(=C/NC(=O)c1ccc(C(F)(F)F)cc1)C(=O)NCC(OC)OC. The number of ether oxygens (including phenoxy) is 3. The number of hydrogen-bond acceptors (Lipinski definition) is 6. The van der Waals surface area contributed by atoms with Crippen LogP contribution < -0.4 is 10.6 Å². The van der Waals surface area contributed by atoms with Crippen LogP contribution in [0.5, 0.6) is 0 Å². The molecule has 2 amide bonds. The number of esters is 1. The highest BCUT2D eigenvalue weighted by molar-refractivity contribution is 6.16. The van der Waals surface area contributed by atoms with Crippen LogP contribution in [0.1, 0.15) is 15.9 Å². The average molecular weight is 404 g/mol. The Morgan fingerprint density at radius 2 is 1.64 bits per heavy atom. The lowest BCUT2D eigenvalue weighted by Crippen LogP contribution is -2.37. The zero-order chi connectivity index (χ0) is 21.3. The van der Waals surface area contributed by atoms with Crippen LogP contribution in [0.15, 0.2) is 36.0 Å². The van der Waals surface area contributed by atoms with Crippen molar-refractivity contribution in [2.75, 3.05) is 27.9 Å². The quantitative estimate of drug-likeness (QED) is 0.222. The van der Waals surface area contributed by atoms with Crippen molar-refractivity contribution in [2.24, 2.45) is 0 Å². The molecule has 0 atom stereocenters. The minimum Gasteiger partial charge on any atom is -0.465 e. The Bertz CT molecular complexity index is 727. The fourth-order valence-corrected chi connectivity index (χ4v) is 1.89. The molecule has 0 unspecified atom stereocenters. The molecular weight excluding hydrogens is 385 g/mol. The van der Waals surface area contributed by atoms with E-state index in [0.29, 0.717) is 0 Å². The first-order chi connectivity index (χ1) is 13.1. The van der Waals surface area contributed by atoms with Crippen LogP contribution in [-0.4, -0.2) is 51.9 Å². The maximum atomic E-state index is 12.5. The topological polar surface area (TPSA) is 103 Å². The maximum absolute atomic E-state index is 12.5. The molecule has 1 aromatic carbocycles. The molecule has 0 aliphatic carbocycles. The van der Waals surface area contributed by atoms with Gasteiger partial charge in [0.1, 0.15) is 5.57 Å². The first-order valence-electron chi connectivity index (χ1n) is 7.74. The Morgan fingerprint density at radius 3 is 2.11 bits per heavy atom. The van der Waals surface area contributed by atoms with Crippen molar-refractivity contribution in [1.29, 1.82) is 0 Å². The van der Waals surface area contributed by atoms with Crippen LogP contribution >= 0.6 is 0 Å². The van der Waals surface area contributed by atoms with E-state index in [1.54, 1.807) is 0 Å². The summed E-state index contributed by atoms with van der Waals surface area (Å²) in [5, 5.41) is 4.52. The molecule has 0 saturated heterocycles. The lowest BCUT2D eigenvalue weighted by atomic mass is 10.1. The van der Waals surface area contributed by atoms with Gasteiger partial charge in [-0.1, -0.05) is 0 Å². The van der Waals surface area contributed by atoms with Gasteiger partial charge in [-0.05, 0) is 24.3 Å². The standard InChI is InChI=1S/C17H19F3N2O6/c1-26-13(27-2)9-22-15(24)12(16(25)28-3)8-21-14(23)10-4-6-11(7-5-10)17(18,19)20/h4-8,13H,9H2,1-3H3,(H,21,23)(H,22,24)/b12-8+. The average Bonchev–Trinajstić information content (AvgIpc) is 2.67. The van der Waals surface area contributed by atoms with E-state index in [1.165, 1.54) is 14.2 Å². The van der Waals surface area contributed by atoms with Crippen LogP contribution in [-0.2, 0) is 30.0 Å². The number of amides is 2. The molecule has 2 N–H and O–H groups in total. The molecule has 11 heteroatoms. The first-order valence-corrected chi connectivity index (χ1v) is 7.74. The summed E-state index contributed by atoms with van der Waals surface area (Å²) < 4.78 is 51.9. The molecule has 0 aromatic heterocycles. The Hall–Kier alpha value is -2.92. The number of rotatable bonds is 8. The van der Waals surface area contributed by atoms with Crippen LogP contribution in [0.2, 0.25) is 0 Å². The molecule has 1 aromatic rings. The lowest BCUT2D eigenvalue weighted by Gasteiger charge is -2.14. The van der Waals surface area contributed by atoms with Crippen molar-refractivity contribution in [3.8, 4) is 0 Å². The molecule has 0 aliphatic rings. The summed E-state index contributed by atoms with van der Waals surface area (Å²) in [6, 6.07) is 3.40. The number of halogens is 3. The van der Waals surface area contributed by atoms with E-state index in [2.05, 4.69) is 15.4 Å². The summed E-state index contributed by atoms with van der Waals surface area (Å²) in [6.45, 7) is -0.0903. The molecule has 1 rings (SSSR count). The third kappa shape index (κ3) is 6.67. The normalized spacial score (nSPS) is 11.9. The molecular formula is C17H19F3N2O6. The third-order valence-electron chi connectivity index (χ3n) is 3.43. The number of nitrogens with one attached hydrogen (secondary N) is 2. The first kappa shape index (κ1) is 23.1. The molecule has 8 nitrogen and oxygen atoms in total. The van der Waals surface area contributed by atoms with Gasteiger partial charge in [0.25, 0.3) is 11.8 Å². The second-order valence-electron chi connectivity index (χ2n) is 5.21. The summed E-state index contributed by atoms with van der Waals surface area (Å²) in [6.07, 6.45) is -4.49. The number of carbonyl (C=O) groups excluding carboxylic acids is 3. The molecule has 28 heavy (non-hydrogen) atoms. The fourth-order valence-electron chi connectivity index (χ4n) is 1.89. The van der Waals surface area contributed by atoms with E-state index < -0.39 is 41.4 Å². The van der Waals surface area contributed by atoms with Crippen molar-refractivity contribution in [3.63, 3.8) is 0 Å². The van der Waals surface area contributed by atoms with Gasteiger partial charge in [-0.15, -0.1) is 0 Å². The number of carbonyl (C=O) groups is 3. The predicted molar refractivity (Wildman–Crippen MR) is 89.8 cm³/mol. The van der Waals surface area contributed by atoms with E-state index in [1.807, 2.05) is 0 Å². The summed E-state index contributed by atoms with van der Waals surface area (Å²) >= 11 is 0. The van der Waals surface area contributed by atoms with Crippen LogP contribution in [0.3, 0.4) is 0 Å². The van der Waals surface area contributed by atoms with Gasteiger partial charge in [0, 0.05) is 26.0 Å². The van der Waals surface area contributed by atoms with Crippen molar-refractivity contribution >= 4 is 17.8 Å². The van der Waals surface area contributed by atoms with E-state index in [0.717, 1.165) is 37.6 Å². The van der Waals surface area contributed by atoms with Crippen molar-refractivity contribution < 1.29 is 41.8 Å². The molecule has 0 fully saturated rings. The fraction of sp³-hybridized carbons (Fsp3) is 0.353. The zero-order valence-electron chi connectivity index (χ0n) is 15.3. The van der Waals surface area contributed by atoms with Crippen molar-refractivity contribution in [1.82, 2.24) is 10.6 Å². The van der Waals surface area contributed by atoms with Gasteiger partial charge in [0.05, 0.1) is 19.2 Å². The largest absolute Gasteiger partial charge is 0.465 e. The van der Waals surface area contributed by atoms with Crippen molar-refractivity contribution in [3.05, 3.63) is 47.2 Å². The summed E-state index contributed by atoms with van der Waals surface area (Å²) in [7, 11) is 3.73. The van der Waals surface area contributed by atoms with E-state index in [9.17, 15) is 27.6 Å². The second-order valence-corrected chi connectivity index (χ2v) is 5.21. The van der Waals surface area contributed by atoms with Gasteiger partial charge in [-0.3, -0.25) is 9.59 Å². The van der Waals surface area contributed by atoms with Crippen molar-refractivity contribution in [2.45, 2.75) is 12.5 Å². The van der Waals surface area contributed by atoms with Gasteiger partial charge < -0.3 is 24.8 Å². The van der Waals surface area contributed by atoms with E-state index in [4.69, 9.17) is 9.47 Å². The monoisotopic (exact) mass is 404 g/mol. The summed E-state index contributed by atoms with van der Waals surface area (Å²) in [4.78, 5) is 35.9. The number of alkyl halides is 3. The molecule has 0 aliphatic heterocycles. The minimum atomic E-state index is -4.53. The Kier molecular flexibility index (Phi) is 8.61. The van der Waals surface area contributed by atoms with Gasteiger partial charge in [-0.2, -0.15) is 13.2 Å². The van der Waals surface area contributed by atoms with Crippen LogP contribution in [0.25, 0.3) is 0 Å². The Morgan fingerprint density at radius 1 is 1.07 bits per heavy atom. The second kappa shape index (κ2) is 10.4. The highest BCUT2D eigenvalue weighted by atomic mass is 19.4. The third-order valence-corrected chi connectivity index (χ3v) is 3.43.